The van der Waals surface area contributed by atoms with Crippen molar-refractivity contribution in [2.75, 3.05) is 12.9 Å². The van der Waals surface area contributed by atoms with Crippen LogP contribution >= 0.6 is 23.4 Å². The van der Waals surface area contributed by atoms with Crippen LogP contribution in [0.25, 0.3) is 0 Å². The van der Waals surface area contributed by atoms with Crippen LogP contribution in [0.15, 0.2) is 18.2 Å². The molecule has 1 aromatic carbocycles. The lowest BCUT2D eigenvalue weighted by Crippen LogP contribution is -2.30. The van der Waals surface area contributed by atoms with Crippen LogP contribution in [0.1, 0.15) is 37.3 Å². The molecule has 0 aromatic heterocycles. The molecule has 0 bridgehead atoms. The third-order valence-corrected chi connectivity index (χ3v) is 5.36. The monoisotopic (exact) mass is 300 g/mol. The predicted molar refractivity (Wildman–Crippen MR) is 82.8 cm³/mol. The van der Waals surface area contributed by atoms with Gasteiger partial charge in [0, 0.05) is 11.0 Å². The van der Waals surface area contributed by atoms with E-state index in [4.69, 9.17) is 22.2 Å². The lowest BCUT2D eigenvalue weighted by Gasteiger charge is -2.19. The number of halogens is 1. The largest absolute Gasteiger partial charge is 0.495 e. The molecule has 2 rings (SSSR count). The average molecular weight is 301 g/mol. The summed E-state index contributed by atoms with van der Waals surface area (Å²) in [6, 6.07) is 5.96. The van der Waals surface area contributed by atoms with E-state index < -0.39 is 0 Å². The topological polar surface area (TPSA) is 47.3 Å². The first-order chi connectivity index (χ1) is 9.24. The summed E-state index contributed by atoms with van der Waals surface area (Å²) in [7, 11) is 1.63. The zero-order valence-electron chi connectivity index (χ0n) is 11.2. The highest BCUT2D eigenvalue weighted by molar-refractivity contribution is 7.99. The van der Waals surface area contributed by atoms with Crippen molar-refractivity contribution in [2.24, 2.45) is 5.84 Å². The number of ether oxygens (including phenoxy) is 1. The van der Waals surface area contributed by atoms with Crippen LogP contribution in [0, 0.1) is 0 Å². The van der Waals surface area contributed by atoms with Crippen molar-refractivity contribution in [3.63, 3.8) is 0 Å². The van der Waals surface area contributed by atoms with Gasteiger partial charge in [0.15, 0.2) is 0 Å². The third-order valence-electron chi connectivity index (χ3n) is 3.58. The Morgan fingerprint density at radius 3 is 2.84 bits per heavy atom. The molecule has 0 amide bonds. The molecule has 3 N–H and O–H groups in total. The number of benzene rings is 1. The van der Waals surface area contributed by atoms with Gasteiger partial charge in [-0.25, -0.2) is 0 Å². The molecule has 0 spiro atoms. The number of methoxy groups -OCH3 is 1. The van der Waals surface area contributed by atoms with Crippen molar-refractivity contribution in [3.05, 3.63) is 28.8 Å². The van der Waals surface area contributed by atoms with Gasteiger partial charge in [0.1, 0.15) is 5.75 Å². The molecule has 19 heavy (non-hydrogen) atoms. The second kappa shape index (κ2) is 7.39. The Morgan fingerprint density at radius 2 is 2.21 bits per heavy atom. The van der Waals surface area contributed by atoms with Gasteiger partial charge in [0.2, 0.25) is 0 Å². The summed E-state index contributed by atoms with van der Waals surface area (Å²) in [4.78, 5) is 0. The van der Waals surface area contributed by atoms with Crippen LogP contribution in [-0.4, -0.2) is 18.1 Å². The first-order valence-corrected chi connectivity index (χ1v) is 8.08. The maximum Gasteiger partial charge on any atom is 0.137 e. The number of thioether (sulfide) groups is 1. The standard InChI is InChI=1S/C14H21ClN2OS/c1-18-14-8-10(6-7-12(14)15)13(17-16)9-19-11-4-2-3-5-11/h6-8,11,13,17H,2-5,9,16H2,1H3. The molecule has 1 atom stereocenters. The van der Waals surface area contributed by atoms with Crippen LogP contribution in [0.4, 0.5) is 0 Å². The molecule has 1 saturated carbocycles. The average Bonchev–Trinajstić information content (AvgIpc) is 2.94. The molecule has 106 valence electrons. The maximum absolute atomic E-state index is 6.04. The van der Waals surface area contributed by atoms with Crippen molar-refractivity contribution >= 4 is 23.4 Å². The van der Waals surface area contributed by atoms with Gasteiger partial charge in [0.25, 0.3) is 0 Å². The van der Waals surface area contributed by atoms with Crippen LogP contribution in [-0.2, 0) is 0 Å². The number of hydrogen-bond donors (Lipinski definition) is 2. The Bertz CT molecular complexity index is 410. The van der Waals surface area contributed by atoms with Crippen molar-refractivity contribution in [1.29, 1.82) is 0 Å². The van der Waals surface area contributed by atoms with Crippen LogP contribution in [0.3, 0.4) is 0 Å². The molecule has 3 nitrogen and oxygen atoms in total. The first-order valence-electron chi connectivity index (χ1n) is 6.65. The summed E-state index contributed by atoms with van der Waals surface area (Å²) in [6.07, 6.45) is 5.41. The lowest BCUT2D eigenvalue weighted by atomic mass is 10.1. The van der Waals surface area contributed by atoms with E-state index in [1.807, 2.05) is 30.0 Å². The lowest BCUT2D eigenvalue weighted by molar-refractivity contribution is 0.413. The fraction of sp³-hybridized carbons (Fsp3) is 0.571. The first kappa shape index (κ1) is 15.0. The fourth-order valence-electron chi connectivity index (χ4n) is 2.42. The molecule has 0 aliphatic heterocycles. The SMILES string of the molecule is COc1cc(C(CSC2CCCC2)NN)ccc1Cl. The Kier molecular flexibility index (Phi) is 5.82. The number of nitrogens with two attached hydrogens (primary N) is 1. The summed E-state index contributed by atoms with van der Waals surface area (Å²) in [5.41, 5.74) is 4.01. The molecule has 0 radical (unpaired) electrons. The van der Waals surface area contributed by atoms with Crippen molar-refractivity contribution in [2.45, 2.75) is 37.0 Å². The zero-order chi connectivity index (χ0) is 13.7. The van der Waals surface area contributed by atoms with Gasteiger partial charge in [-0.2, -0.15) is 11.8 Å². The Balaban J connectivity index is 1.99. The minimum Gasteiger partial charge on any atom is -0.495 e. The predicted octanol–water partition coefficient (Wildman–Crippen LogP) is 3.53. The Morgan fingerprint density at radius 1 is 1.47 bits per heavy atom. The van der Waals surface area contributed by atoms with Gasteiger partial charge in [-0.05, 0) is 30.5 Å². The van der Waals surface area contributed by atoms with Crippen molar-refractivity contribution < 1.29 is 4.74 Å². The summed E-state index contributed by atoms with van der Waals surface area (Å²) in [5, 5.41) is 1.43. The van der Waals surface area contributed by atoms with Gasteiger partial charge >= 0.3 is 0 Å². The van der Waals surface area contributed by atoms with Crippen molar-refractivity contribution in [1.82, 2.24) is 5.43 Å². The highest BCUT2D eigenvalue weighted by atomic mass is 35.5. The molecule has 0 heterocycles. The van der Waals surface area contributed by atoms with Gasteiger partial charge in [-0.1, -0.05) is 30.5 Å². The Labute approximate surface area is 124 Å². The van der Waals surface area contributed by atoms with E-state index >= 15 is 0 Å². The summed E-state index contributed by atoms with van der Waals surface area (Å²) in [6.45, 7) is 0. The minimum absolute atomic E-state index is 0.136. The molecule has 5 heteroatoms. The summed E-state index contributed by atoms with van der Waals surface area (Å²) >= 11 is 8.06. The minimum atomic E-state index is 0.136. The molecule has 1 aliphatic rings. The zero-order valence-corrected chi connectivity index (χ0v) is 12.8. The summed E-state index contributed by atoms with van der Waals surface area (Å²) < 4.78 is 5.25. The van der Waals surface area contributed by atoms with Crippen LogP contribution < -0.4 is 16.0 Å². The highest BCUT2D eigenvalue weighted by Gasteiger charge is 2.19. The van der Waals surface area contributed by atoms with Gasteiger partial charge in [0.05, 0.1) is 18.2 Å². The molecular weight excluding hydrogens is 280 g/mol. The number of rotatable bonds is 6. The van der Waals surface area contributed by atoms with E-state index in [1.54, 1.807) is 7.11 Å². The number of hydrogen-bond acceptors (Lipinski definition) is 4. The fourth-order valence-corrected chi connectivity index (χ4v) is 4.04. The van der Waals surface area contributed by atoms with Crippen LogP contribution in [0.2, 0.25) is 5.02 Å². The Hall–Kier alpha value is -0.420. The van der Waals surface area contributed by atoms with Crippen molar-refractivity contribution in [3.8, 4) is 5.75 Å². The smallest absolute Gasteiger partial charge is 0.137 e. The van der Waals surface area contributed by atoms with E-state index in [0.29, 0.717) is 10.8 Å². The number of nitrogens with one attached hydrogen (secondary N) is 1. The molecule has 1 aliphatic carbocycles. The van der Waals surface area contributed by atoms with E-state index in [9.17, 15) is 0 Å². The normalized spacial score (nSPS) is 17.6. The second-order valence-electron chi connectivity index (χ2n) is 4.85. The number of hydrazine groups is 1. The van der Waals surface area contributed by atoms with Crippen LogP contribution in [0.5, 0.6) is 5.75 Å². The van der Waals surface area contributed by atoms with E-state index in [0.717, 1.165) is 16.6 Å². The van der Waals surface area contributed by atoms with E-state index in [-0.39, 0.29) is 6.04 Å². The molecule has 1 aromatic rings. The molecule has 1 unspecified atom stereocenters. The molecular formula is C14H21ClN2OS. The third kappa shape index (κ3) is 4.02. The molecule has 1 fully saturated rings. The quantitative estimate of drug-likeness (QED) is 0.623. The second-order valence-corrected chi connectivity index (χ2v) is 6.59. The van der Waals surface area contributed by atoms with Gasteiger partial charge < -0.3 is 4.74 Å². The highest BCUT2D eigenvalue weighted by Crippen LogP contribution is 2.33. The van der Waals surface area contributed by atoms with E-state index in [2.05, 4.69) is 5.43 Å². The van der Waals surface area contributed by atoms with Gasteiger partial charge in [-0.15, -0.1) is 0 Å². The van der Waals surface area contributed by atoms with E-state index in [1.165, 1.54) is 25.7 Å². The summed E-state index contributed by atoms with van der Waals surface area (Å²) in [5.74, 6) is 7.36. The van der Waals surface area contributed by atoms with Gasteiger partial charge in [-0.3, -0.25) is 11.3 Å². The maximum atomic E-state index is 6.04. The molecule has 0 saturated heterocycles.